The molecule has 0 aliphatic heterocycles. The van der Waals surface area contributed by atoms with Crippen molar-refractivity contribution in [3.63, 3.8) is 0 Å². The topological polar surface area (TPSA) is 26.0 Å². The molecule has 0 aromatic heterocycles. The molecule has 1 aliphatic rings. The van der Waals surface area contributed by atoms with E-state index in [0.29, 0.717) is 17.1 Å². The minimum absolute atomic E-state index is 0.341. The van der Waals surface area contributed by atoms with Gasteiger partial charge < -0.3 is 5.73 Å². The summed E-state index contributed by atoms with van der Waals surface area (Å²) in [5.41, 5.74) is 5.38. The summed E-state index contributed by atoms with van der Waals surface area (Å²) in [5.74, 6) is 0. The Morgan fingerprint density at radius 3 is 2.32 bits per heavy atom. The molecule has 0 bridgehead atoms. The van der Waals surface area contributed by atoms with Crippen LogP contribution in [0.15, 0.2) is 18.2 Å². The fourth-order valence-electron chi connectivity index (χ4n) is 2.92. The van der Waals surface area contributed by atoms with E-state index in [2.05, 4.69) is 0 Å². The van der Waals surface area contributed by atoms with Gasteiger partial charge >= 0.3 is 6.18 Å². The normalized spacial score (nSPS) is 19.4. The minimum Gasteiger partial charge on any atom is -0.330 e. The zero-order chi connectivity index (χ0) is 14.1. The van der Waals surface area contributed by atoms with Crippen molar-refractivity contribution in [2.75, 3.05) is 6.54 Å². The molecule has 1 aliphatic carbocycles. The Morgan fingerprint density at radius 1 is 1.16 bits per heavy atom. The van der Waals surface area contributed by atoms with Gasteiger partial charge in [0.2, 0.25) is 0 Å². The molecule has 1 aromatic carbocycles. The highest BCUT2D eigenvalue weighted by Crippen LogP contribution is 2.43. The highest BCUT2D eigenvalue weighted by Gasteiger charge is 2.37. The first-order valence-corrected chi connectivity index (χ1v) is 6.84. The summed E-state index contributed by atoms with van der Waals surface area (Å²) in [6.45, 7) is 0.341. The quantitative estimate of drug-likeness (QED) is 0.852. The van der Waals surface area contributed by atoms with Crippen molar-refractivity contribution in [2.24, 2.45) is 5.73 Å². The van der Waals surface area contributed by atoms with Crippen LogP contribution in [0.2, 0.25) is 5.02 Å². The summed E-state index contributed by atoms with van der Waals surface area (Å²) in [6, 6.07) is 3.55. The molecule has 0 atom stereocenters. The van der Waals surface area contributed by atoms with Gasteiger partial charge in [0.05, 0.1) is 5.56 Å². The third-order valence-electron chi connectivity index (χ3n) is 4.07. The number of halogens is 4. The predicted octanol–water partition coefficient (Wildman–Crippen LogP) is 4.52. The van der Waals surface area contributed by atoms with Gasteiger partial charge in [-0.3, -0.25) is 0 Å². The molecule has 0 amide bonds. The summed E-state index contributed by atoms with van der Waals surface area (Å²) >= 11 is 6.13. The van der Waals surface area contributed by atoms with Crippen LogP contribution in [0.25, 0.3) is 0 Å². The highest BCUT2D eigenvalue weighted by atomic mass is 35.5. The SMILES string of the molecule is NCC1(c2cc(C(F)(F)F)ccc2Cl)CCCCC1. The van der Waals surface area contributed by atoms with E-state index in [9.17, 15) is 13.2 Å². The van der Waals surface area contributed by atoms with Crippen molar-refractivity contribution in [1.29, 1.82) is 0 Å². The van der Waals surface area contributed by atoms with Crippen molar-refractivity contribution in [3.8, 4) is 0 Å². The summed E-state index contributed by atoms with van der Waals surface area (Å²) in [6.07, 6.45) is 0.366. The molecule has 19 heavy (non-hydrogen) atoms. The van der Waals surface area contributed by atoms with Crippen molar-refractivity contribution < 1.29 is 13.2 Å². The predicted molar refractivity (Wildman–Crippen MR) is 70.3 cm³/mol. The smallest absolute Gasteiger partial charge is 0.330 e. The Balaban J connectivity index is 2.47. The second-order valence-electron chi connectivity index (χ2n) is 5.24. The number of benzene rings is 1. The maximum absolute atomic E-state index is 12.8. The summed E-state index contributed by atoms with van der Waals surface area (Å²) in [4.78, 5) is 0. The molecule has 1 aromatic rings. The molecule has 0 unspecified atom stereocenters. The second kappa shape index (κ2) is 5.33. The van der Waals surface area contributed by atoms with E-state index in [1.165, 1.54) is 12.1 Å². The zero-order valence-corrected chi connectivity index (χ0v) is 11.3. The van der Waals surface area contributed by atoms with E-state index in [-0.39, 0.29) is 0 Å². The highest BCUT2D eigenvalue weighted by molar-refractivity contribution is 6.31. The first-order valence-electron chi connectivity index (χ1n) is 6.46. The molecule has 1 saturated carbocycles. The van der Waals surface area contributed by atoms with Crippen LogP contribution in [0.4, 0.5) is 13.2 Å². The number of hydrogen-bond acceptors (Lipinski definition) is 1. The molecule has 2 N–H and O–H groups in total. The second-order valence-corrected chi connectivity index (χ2v) is 5.64. The molecule has 0 radical (unpaired) electrons. The maximum atomic E-state index is 12.8. The number of rotatable bonds is 2. The minimum atomic E-state index is -4.34. The van der Waals surface area contributed by atoms with Gasteiger partial charge in [0, 0.05) is 17.0 Å². The Hall–Kier alpha value is -0.740. The van der Waals surface area contributed by atoms with Crippen LogP contribution in [0.1, 0.15) is 43.2 Å². The van der Waals surface area contributed by atoms with Crippen molar-refractivity contribution in [2.45, 2.75) is 43.7 Å². The molecule has 0 spiro atoms. The summed E-state index contributed by atoms with van der Waals surface area (Å²) < 4.78 is 38.5. The zero-order valence-electron chi connectivity index (χ0n) is 10.6. The van der Waals surface area contributed by atoms with Crippen LogP contribution in [0.5, 0.6) is 0 Å². The average Bonchev–Trinajstić information content (AvgIpc) is 2.38. The molecule has 0 saturated heterocycles. The number of nitrogens with two attached hydrogens (primary N) is 1. The van der Waals surface area contributed by atoms with Crippen molar-refractivity contribution >= 4 is 11.6 Å². The van der Waals surface area contributed by atoms with Crippen LogP contribution in [0, 0.1) is 0 Å². The number of hydrogen-bond donors (Lipinski definition) is 1. The fraction of sp³-hybridized carbons (Fsp3) is 0.571. The van der Waals surface area contributed by atoms with E-state index in [1.807, 2.05) is 0 Å². The van der Waals surface area contributed by atoms with Gasteiger partial charge in [0.25, 0.3) is 0 Å². The molecule has 1 nitrogen and oxygen atoms in total. The third-order valence-corrected chi connectivity index (χ3v) is 4.40. The van der Waals surface area contributed by atoms with E-state index < -0.39 is 17.2 Å². The molecular weight excluding hydrogens is 275 g/mol. The van der Waals surface area contributed by atoms with Gasteiger partial charge in [-0.25, -0.2) is 0 Å². The van der Waals surface area contributed by atoms with E-state index >= 15 is 0 Å². The van der Waals surface area contributed by atoms with E-state index in [1.54, 1.807) is 0 Å². The van der Waals surface area contributed by atoms with Crippen molar-refractivity contribution in [3.05, 3.63) is 34.3 Å². The Bertz CT molecular complexity index is 450. The lowest BCUT2D eigenvalue weighted by Gasteiger charge is -2.37. The molecule has 106 valence electrons. The molecule has 2 rings (SSSR count). The first-order chi connectivity index (χ1) is 8.89. The summed E-state index contributed by atoms with van der Waals surface area (Å²) in [5, 5.41) is 0.389. The van der Waals surface area contributed by atoms with Gasteiger partial charge in [-0.15, -0.1) is 0 Å². The Labute approximate surface area is 115 Å². The standard InChI is InChI=1S/C14H17ClF3N/c15-12-5-4-10(14(16,17)18)8-11(12)13(9-19)6-2-1-3-7-13/h4-5,8H,1-3,6-7,9,19H2. The van der Waals surface area contributed by atoms with Gasteiger partial charge in [-0.05, 0) is 36.6 Å². The van der Waals surface area contributed by atoms with Crippen LogP contribution < -0.4 is 5.73 Å². The van der Waals surface area contributed by atoms with Crippen LogP contribution >= 0.6 is 11.6 Å². The molecule has 0 heterocycles. The fourth-order valence-corrected chi connectivity index (χ4v) is 3.24. The lowest BCUT2D eigenvalue weighted by atomic mass is 9.69. The van der Waals surface area contributed by atoms with E-state index in [4.69, 9.17) is 17.3 Å². The average molecular weight is 292 g/mol. The van der Waals surface area contributed by atoms with E-state index in [0.717, 1.165) is 38.2 Å². The van der Waals surface area contributed by atoms with Crippen LogP contribution in [0.3, 0.4) is 0 Å². The lowest BCUT2D eigenvalue weighted by Crippen LogP contribution is -2.37. The van der Waals surface area contributed by atoms with Gasteiger partial charge in [-0.1, -0.05) is 30.9 Å². The molecule has 1 fully saturated rings. The molecule has 5 heteroatoms. The largest absolute Gasteiger partial charge is 0.416 e. The van der Waals surface area contributed by atoms with Gasteiger partial charge in [-0.2, -0.15) is 13.2 Å². The summed E-state index contributed by atoms with van der Waals surface area (Å²) in [7, 11) is 0. The van der Waals surface area contributed by atoms with Crippen LogP contribution in [-0.4, -0.2) is 6.54 Å². The molecular formula is C14H17ClF3N. The first kappa shape index (κ1) is 14.7. The lowest BCUT2D eigenvalue weighted by molar-refractivity contribution is -0.137. The van der Waals surface area contributed by atoms with Crippen LogP contribution in [-0.2, 0) is 11.6 Å². The third kappa shape index (κ3) is 2.90. The monoisotopic (exact) mass is 291 g/mol. The maximum Gasteiger partial charge on any atom is 0.416 e. The van der Waals surface area contributed by atoms with Gasteiger partial charge in [0.15, 0.2) is 0 Å². The number of alkyl halides is 3. The van der Waals surface area contributed by atoms with Crippen molar-refractivity contribution in [1.82, 2.24) is 0 Å². The van der Waals surface area contributed by atoms with Gasteiger partial charge in [0.1, 0.15) is 0 Å². The Morgan fingerprint density at radius 2 is 1.79 bits per heavy atom. The Kier molecular flexibility index (Phi) is 4.11.